The van der Waals surface area contributed by atoms with Gasteiger partial charge in [0.05, 0.1) is 5.75 Å². The quantitative estimate of drug-likeness (QED) is 0.843. The van der Waals surface area contributed by atoms with E-state index < -0.39 is 16.8 Å². The van der Waals surface area contributed by atoms with Crippen LogP contribution in [0, 0.1) is 0 Å². The van der Waals surface area contributed by atoms with Gasteiger partial charge in [-0.2, -0.15) is 0 Å². The molecule has 0 spiro atoms. The van der Waals surface area contributed by atoms with Gasteiger partial charge in [-0.3, -0.25) is 4.79 Å². The fourth-order valence-corrected chi connectivity index (χ4v) is 2.54. The summed E-state index contributed by atoms with van der Waals surface area (Å²) in [5.41, 5.74) is 6.52. The third kappa shape index (κ3) is 3.83. The Hall–Kier alpha value is -1.86. The molecule has 1 aromatic carbocycles. The van der Waals surface area contributed by atoms with Crippen LogP contribution in [0.3, 0.4) is 0 Å². The van der Waals surface area contributed by atoms with E-state index in [9.17, 15) is 4.79 Å². The molecule has 0 unspecified atom stereocenters. The highest BCUT2D eigenvalue weighted by Crippen LogP contribution is 2.31. The summed E-state index contributed by atoms with van der Waals surface area (Å²) in [6.07, 6.45) is 0. The molecule has 0 aliphatic rings. The summed E-state index contributed by atoms with van der Waals surface area (Å²) in [6, 6.07) is 8.50. The molecule has 0 radical (unpaired) electrons. The minimum absolute atomic E-state index is 0.411. The van der Waals surface area contributed by atoms with Gasteiger partial charge >= 0.3 is 5.97 Å². The van der Waals surface area contributed by atoms with Crippen molar-refractivity contribution in [3.8, 4) is 11.5 Å². The van der Waals surface area contributed by atoms with Gasteiger partial charge < -0.3 is 15.3 Å². The number of benzene rings is 1. The highest BCUT2D eigenvalue weighted by atomic mass is 32.2. The highest BCUT2D eigenvalue weighted by molar-refractivity contribution is 7.99. The SMILES string of the molecule is CC(C)(SCc1nnc(-c2ccccc2)o1)[C@H](N)C(=O)O. The predicted molar refractivity (Wildman–Crippen MR) is 80.7 cm³/mol. The van der Waals surface area contributed by atoms with Gasteiger partial charge in [0.2, 0.25) is 11.8 Å². The van der Waals surface area contributed by atoms with Gasteiger partial charge in [-0.15, -0.1) is 22.0 Å². The molecular formula is C14H17N3O3S. The zero-order valence-corrected chi connectivity index (χ0v) is 12.6. The maximum absolute atomic E-state index is 11.0. The van der Waals surface area contributed by atoms with Crippen molar-refractivity contribution in [3.05, 3.63) is 36.2 Å². The fraction of sp³-hybridized carbons (Fsp3) is 0.357. The lowest BCUT2D eigenvalue weighted by atomic mass is 10.1. The zero-order valence-electron chi connectivity index (χ0n) is 11.8. The van der Waals surface area contributed by atoms with Gasteiger partial charge in [-0.05, 0) is 26.0 Å². The van der Waals surface area contributed by atoms with E-state index in [1.165, 1.54) is 11.8 Å². The molecule has 112 valence electrons. The Bertz CT molecular complexity index is 613. The number of rotatable bonds is 6. The Balaban J connectivity index is 2.02. The molecule has 1 aromatic heterocycles. The summed E-state index contributed by atoms with van der Waals surface area (Å²) < 4.78 is 4.94. The molecule has 6 nitrogen and oxygen atoms in total. The summed E-state index contributed by atoms with van der Waals surface area (Å²) in [5.74, 6) is 0.285. The van der Waals surface area contributed by atoms with Crippen LogP contribution in [-0.2, 0) is 10.5 Å². The normalized spacial score (nSPS) is 13.1. The van der Waals surface area contributed by atoms with Crippen LogP contribution in [0.1, 0.15) is 19.7 Å². The molecule has 3 N–H and O–H groups in total. The molecule has 0 saturated carbocycles. The van der Waals surface area contributed by atoms with Crippen molar-refractivity contribution in [2.75, 3.05) is 0 Å². The van der Waals surface area contributed by atoms with E-state index in [2.05, 4.69) is 10.2 Å². The van der Waals surface area contributed by atoms with E-state index in [1.807, 2.05) is 30.3 Å². The Morgan fingerprint density at radius 1 is 1.38 bits per heavy atom. The van der Waals surface area contributed by atoms with Crippen LogP contribution in [-0.4, -0.2) is 32.1 Å². The summed E-state index contributed by atoms with van der Waals surface area (Å²) in [6.45, 7) is 3.57. The van der Waals surface area contributed by atoms with E-state index in [0.29, 0.717) is 17.5 Å². The molecule has 1 atom stereocenters. The smallest absolute Gasteiger partial charge is 0.321 e. The lowest BCUT2D eigenvalue weighted by Crippen LogP contribution is -2.46. The van der Waals surface area contributed by atoms with Crippen molar-refractivity contribution >= 4 is 17.7 Å². The molecule has 21 heavy (non-hydrogen) atoms. The van der Waals surface area contributed by atoms with Gasteiger partial charge in [-0.1, -0.05) is 18.2 Å². The minimum Gasteiger partial charge on any atom is -0.480 e. The van der Waals surface area contributed by atoms with Gasteiger partial charge in [-0.25, -0.2) is 0 Å². The van der Waals surface area contributed by atoms with Crippen LogP contribution in [0.2, 0.25) is 0 Å². The molecule has 0 saturated heterocycles. The summed E-state index contributed by atoms with van der Waals surface area (Å²) in [4.78, 5) is 11.0. The number of carboxylic acids is 1. The Morgan fingerprint density at radius 3 is 2.67 bits per heavy atom. The maximum Gasteiger partial charge on any atom is 0.321 e. The van der Waals surface area contributed by atoms with Crippen LogP contribution in [0.25, 0.3) is 11.5 Å². The number of thioether (sulfide) groups is 1. The topological polar surface area (TPSA) is 102 Å². The number of carboxylic acid groups (broad SMARTS) is 1. The van der Waals surface area contributed by atoms with Crippen LogP contribution >= 0.6 is 11.8 Å². The minimum atomic E-state index is -1.02. The van der Waals surface area contributed by atoms with E-state index in [0.717, 1.165) is 5.56 Å². The molecule has 0 fully saturated rings. The lowest BCUT2D eigenvalue weighted by molar-refractivity contribution is -0.139. The van der Waals surface area contributed by atoms with Crippen LogP contribution in [0.5, 0.6) is 0 Å². The van der Waals surface area contributed by atoms with Crippen molar-refractivity contribution in [3.63, 3.8) is 0 Å². The number of hydrogen-bond donors (Lipinski definition) is 2. The molecule has 0 amide bonds. The molecule has 0 bridgehead atoms. The number of carbonyl (C=O) groups is 1. The molecule has 1 heterocycles. The first-order valence-electron chi connectivity index (χ1n) is 6.40. The monoisotopic (exact) mass is 307 g/mol. The van der Waals surface area contributed by atoms with Gasteiger partial charge in [0.1, 0.15) is 6.04 Å². The van der Waals surface area contributed by atoms with E-state index >= 15 is 0 Å². The first-order valence-corrected chi connectivity index (χ1v) is 7.39. The lowest BCUT2D eigenvalue weighted by Gasteiger charge is -2.27. The van der Waals surface area contributed by atoms with E-state index in [-0.39, 0.29) is 0 Å². The molecule has 0 aliphatic carbocycles. The number of nitrogens with zero attached hydrogens (tertiary/aromatic N) is 2. The second-order valence-electron chi connectivity index (χ2n) is 5.08. The first kappa shape index (κ1) is 15.5. The highest BCUT2D eigenvalue weighted by Gasteiger charge is 2.33. The Labute approximate surface area is 126 Å². The van der Waals surface area contributed by atoms with Crippen molar-refractivity contribution < 1.29 is 14.3 Å². The van der Waals surface area contributed by atoms with Crippen molar-refractivity contribution in [2.24, 2.45) is 5.73 Å². The fourth-order valence-electron chi connectivity index (χ4n) is 1.64. The van der Waals surface area contributed by atoms with Crippen LogP contribution < -0.4 is 5.73 Å². The predicted octanol–water partition coefficient (Wildman–Crippen LogP) is 2.16. The molecular weight excluding hydrogens is 290 g/mol. The molecule has 0 aliphatic heterocycles. The Morgan fingerprint density at radius 2 is 2.05 bits per heavy atom. The third-order valence-corrected chi connectivity index (χ3v) is 4.46. The van der Waals surface area contributed by atoms with Gasteiger partial charge in [0, 0.05) is 10.3 Å². The number of nitrogens with two attached hydrogens (primary N) is 1. The average molecular weight is 307 g/mol. The first-order chi connectivity index (χ1) is 9.90. The zero-order chi connectivity index (χ0) is 15.5. The number of aliphatic carboxylic acids is 1. The van der Waals surface area contributed by atoms with Crippen LogP contribution in [0.4, 0.5) is 0 Å². The van der Waals surface area contributed by atoms with Crippen LogP contribution in [0.15, 0.2) is 34.7 Å². The maximum atomic E-state index is 11.0. The third-order valence-electron chi connectivity index (χ3n) is 3.07. The largest absolute Gasteiger partial charge is 0.480 e. The second kappa shape index (κ2) is 6.28. The number of aromatic nitrogens is 2. The van der Waals surface area contributed by atoms with Crippen molar-refractivity contribution in [1.82, 2.24) is 10.2 Å². The Kier molecular flexibility index (Phi) is 4.64. The van der Waals surface area contributed by atoms with Gasteiger partial charge in [0.25, 0.3) is 0 Å². The molecule has 2 rings (SSSR count). The molecule has 7 heteroatoms. The summed E-state index contributed by atoms with van der Waals surface area (Å²) in [7, 11) is 0. The van der Waals surface area contributed by atoms with E-state index in [1.54, 1.807) is 13.8 Å². The number of hydrogen-bond acceptors (Lipinski definition) is 6. The van der Waals surface area contributed by atoms with Crippen molar-refractivity contribution in [2.45, 2.75) is 30.4 Å². The molecule has 2 aromatic rings. The average Bonchev–Trinajstić information content (AvgIpc) is 2.94. The standard InChI is InChI=1S/C14H17N3O3S/c1-14(2,11(15)13(18)19)21-8-10-16-17-12(20-10)9-6-4-3-5-7-9/h3-7,11H,8,15H2,1-2H3,(H,18,19)/t11-/m1/s1. The summed E-state index contributed by atoms with van der Waals surface area (Å²) >= 11 is 1.37. The van der Waals surface area contributed by atoms with Crippen molar-refractivity contribution in [1.29, 1.82) is 0 Å². The summed E-state index contributed by atoms with van der Waals surface area (Å²) in [5, 5.41) is 16.9. The van der Waals surface area contributed by atoms with Gasteiger partial charge in [0.15, 0.2) is 0 Å². The van der Waals surface area contributed by atoms with E-state index in [4.69, 9.17) is 15.3 Å². The second-order valence-corrected chi connectivity index (χ2v) is 6.70.